The van der Waals surface area contributed by atoms with Gasteiger partial charge in [-0.15, -0.1) is 11.3 Å². The van der Waals surface area contributed by atoms with Gasteiger partial charge in [-0.05, 0) is 25.1 Å². The Morgan fingerprint density at radius 1 is 1.35 bits per heavy atom. The van der Waals surface area contributed by atoms with E-state index >= 15 is 0 Å². The summed E-state index contributed by atoms with van der Waals surface area (Å²) in [6.45, 7) is 3.22. The zero-order valence-corrected chi connectivity index (χ0v) is 11.7. The summed E-state index contributed by atoms with van der Waals surface area (Å²) in [7, 11) is 0. The molecule has 0 saturated carbocycles. The molecule has 0 spiro atoms. The smallest absolute Gasteiger partial charge is 0.357 e. The minimum Gasteiger partial charge on any atom is -0.486 e. The SMILES string of the molecule is CCOC(=O)c1csc(-c2ccc3c(c2)OCCO3)n1. The van der Waals surface area contributed by atoms with Gasteiger partial charge >= 0.3 is 5.97 Å². The molecule has 0 aliphatic carbocycles. The molecular formula is C14H13NO4S. The Labute approximate surface area is 120 Å². The van der Waals surface area contributed by atoms with Gasteiger partial charge in [-0.3, -0.25) is 0 Å². The van der Waals surface area contributed by atoms with Gasteiger partial charge in [-0.25, -0.2) is 9.78 Å². The van der Waals surface area contributed by atoms with Crippen molar-refractivity contribution in [2.75, 3.05) is 19.8 Å². The largest absolute Gasteiger partial charge is 0.486 e. The van der Waals surface area contributed by atoms with E-state index in [4.69, 9.17) is 14.2 Å². The lowest BCUT2D eigenvalue weighted by atomic mass is 10.2. The summed E-state index contributed by atoms with van der Waals surface area (Å²) in [5.74, 6) is 1.05. The van der Waals surface area contributed by atoms with Crippen LogP contribution in [0, 0.1) is 0 Å². The predicted molar refractivity (Wildman–Crippen MR) is 74.5 cm³/mol. The van der Waals surface area contributed by atoms with E-state index in [0.717, 1.165) is 16.3 Å². The molecule has 0 atom stereocenters. The van der Waals surface area contributed by atoms with Gasteiger partial charge in [-0.2, -0.15) is 0 Å². The molecule has 0 fully saturated rings. The van der Waals surface area contributed by atoms with E-state index < -0.39 is 5.97 Å². The highest BCUT2D eigenvalue weighted by Gasteiger charge is 2.16. The van der Waals surface area contributed by atoms with Crippen molar-refractivity contribution < 1.29 is 19.0 Å². The summed E-state index contributed by atoms with van der Waals surface area (Å²) < 4.78 is 15.9. The maximum atomic E-state index is 11.6. The van der Waals surface area contributed by atoms with E-state index in [1.807, 2.05) is 18.2 Å². The number of ether oxygens (including phenoxy) is 3. The molecule has 0 bridgehead atoms. The monoisotopic (exact) mass is 291 g/mol. The lowest BCUT2D eigenvalue weighted by Gasteiger charge is -2.18. The first kappa shape index (κ1) is 12.9. The van der Waals surface area contributed by atoms with Gasteiger partial charge in [0, 0.05) is 10.9 Å². The van der Waals surface area contributed by atoms with Crippen LogP contribution in [0.1, 0.15) is 17.4 Å². The number of aromatic nitrogens is 1. The lowest BCUT2D eigenvalue weighted by Crippen LogP contribution is -2.15. The van der Waals surface area contributed by atoms with Crippen LogP contribution in [0.3, 0.4) is 0 Å². The molecule has 1 aromatic carbocycles. The van der Waals surface area contributed by atoms with Crippen LogP contribution in [0.25, 0.3) is 10.6 Å². The molecule has 6 heteroatoms. The number of benzene rings is 1. The Morgan fingerprint density at radius 3 is 2.95 bits per heavy atom. The fraction of sp³-hybridized carbons (Fsp3) is 0.286. The van der Waals surface area contributed by atoms with E-state index in [1.54, 1.807) is 12.3 Å². The summed E-state index contributed by atoms with van der Waals surface area (Å²) in [5.41, 5.74) is 1.23. The maximum Gasteiger partial charge on any atom is 0.357 e. The summed E-state index contributed by atoms with van der Waals surface area (Å²) in [4.78, 5) is 15.9. The summed E-state index contributed by atoms with van der Waals surface area (Å²) >= 11 is 1.40. The number of hydrogen-bond donors (Lipinski definition) is 0. The second-order valence-electron chi connectivity index (χ2n) is 4.12. The number of carbonyl (C=O) groups is 1. The third-order valence-electron chi connectivity index (χ3n) is 2.78. The van der Waals surface area contributed by atoms with Gasteiger partial charge in [0.15, 0.2) is 17.2 Å². The summed E-state index contributed by atoms with van der Waals surface area (Å²) in [6, 6.07) is 5.64. The van der Waals surface area contributed by atoms with Crippen LogP contribution in [0.4, 0.5) is 0 Å². The first-order valence-corrected chi connectivity index (χ1v) is 7.18. The molecule has 1 aromatic heterocycles. The van der Waals surface area contributed by atoms with Gasteiger partial charge in [0.05, 0.1) is 6.61 Å². The molecule has 3 rings (SSSR count). The summed E-state index contributed by atoms with van der Waals surface area (Å²) in [6.07, 6.45) is 0. The standard InChI is InChI=1S/C14H13NO4S/c1-2-17-14(16)10-8-20-13(15-10)9-3-4-11-12(7-9)19-6-5-18-11/h3-4,7-8H,2,5-6H2,1H3. The molecule has 20 heavy (non-hydrogen) atoms. The average Bonchev–Trinajstić information content (AvgIpc) is 2.97. The van der Waals surface area contributed by atoms with Crippen molar-refractivity contribution in [2.45, 2.75) is 6.92 Å². The van der Waals surface area contributed by atoms with Gasteiger partial charge in [-0.1, -0.05) is 0 Å². The van der Waals surface area contributed by atoms with Crippen molar-refractivity contribution in [1.82, 2.24) is 4.98 Å². The van der Waals surface area contributed by atoms with Crippen LogP contribution in [0.15, 0.2) is 23.6 Å². The van der Waals surface area contributed by atoms with Crippen molar-refractivity contribution in [2.24, 2.45) is 0 Å². The minimum absolute atomic E-state index is 0.335. The fourth-order valence-electron chi connectivity index (χ4n) is 1.88. The zero-order chi connectivity index (χ0) is 13.9. The van der Waals surface area contributed by atoms with Gasteiger partial charge in [0.1, 0.15) is 18.2 Å². The first-order chi connectivity index (χ1) is 9.78. The van der Waals surface area contributed by atoms with E-state index in [0.29, 0.717) is 31.3 Å². The highest BCUT2D eigenvalue weighted by molar-refractivity contribution is 7.13. The minimum atomic E-state index is -0.396. The molecule has 104 valence electrons. The van der Waals surface area contributed by atoms with E-state index in [2.05, 4.69) is 4.98 Å². The molecule has 2 aromatic rings. The number of fused-ring (bicyclic) bond motifs is 1. The first-order valence-electron chi connectivity index (χ1n) is 6.30. The third kappa shape index (κ3) is 2.46. The van der Waals surface area contributed by atoms with Crippen molar-refractivity contribution >= 4 is 17.3 Å². The van der Waals surface area contributed by atoms with Crippen molar-refractivity contribution in [1.29, 1.82) is 0 Å². The maximum absolute atomic E-state index is 11.6. The van der Waals surface area contributed by atoms with Crippen LogP contribution in [-0.2, 0) is 4.74 Å². The van der Waals surface area contributed by atoms with Crippen LogP contribution >= 0.6 is 11.3 Å². The number of nitrogens with zero attached hydrogens (tertiary/aromatic N) is 1. The molecular weight excluding hydrogens is 278 g/mol. The second kappa shape index (κ2) is 5.50. The van der Waals surface area contributed by atoms with Crippen molar-refractivity contribution in [3.8, 4) is 22.1 Å². The van der Waals surface area contributed by atoms with Crippen molar-refractivity contribution in [3.05, 3.63) is 29.3 Å². The Morgan fingerprint density at radius 2 is 2.15 bits per heavy atom. The highest BCUT2D eigenvalue weighted by Crippen LogP contribution is 2.35. The van der Waals surface area contributed by atoms with Gasteiger partial charge < -0.3 is 14.2 Å². The highest BCUT2D eigenvalue weighted by atomic mass is 32.1. The topological polar surface area (TPSA) is 57.7 Å². The molecule has 0 amide bonds. The van der Waals surface area contributed by atoms with Crippen molar-refractivity contribution in [3.63, 3.8) is 0 Å². The number of thiazole rings is 1. The Hall–Kier alpha value is -2.08. The van der Waals surface area contributed by atoms with Crippen LogP contribution in [0.5, 0.6) is 11.5 Å². The molecule has 5 nitrogen and oxygen atoms in total. The molecule has 1 aliphatic rings. The fourth-order valence-corrected chi connectivity index (χ4v) is 2.67. The van der Waals surface area contributed by atoms with Crippen LogP contribution in [-0.4, -0.2) is 30.8 Å². The Kier molecular flexibility index (Phi) is 3.56. The van der Waals surface area contributed by atoms with Gasteiger partial charge in [0.25, 0.3) is 0 Å². The van der Waals surface area contributed by atoms with E-state index in [1.165, 1.54) is 11.3 Å². The number of rotatable bonds is 3. The molecule has 0 saturated heterocycles. The van der Waals surface area contributed by atoms with Crippen LogP contribution in [0.2, 0.25) is 0 Å². The quantitative estimate of drug-likeness (QED) is 0.814. The molecule has 0 radical (unpaired) electrons. The molecule has 1 aliphatic heterocycles. The second-order valence-corrected chi connectivity index (χ2v) is 4.97. The van der Waals surface area contributed by atoms with Crippen LogP contribution < -0.4 is 9.47 Å². The lowest BCUT2D eigenvalue weighted by molar-refractivity contribution is 0.0520. The number of esters is 1. The van der Waals surface area contributed by atoms with E-state index in [-0.39, 0.29) is 0 Å². The number of carbonyl (C=O) groups excluding carboxylic acids is 1. The molecule has 0 N–H and O–H groups in total. The Bertz CT molecular complexity index is 638. The molecule has 2 heterocycles. The normalized spacial score (nSPS) is 13.1. The van der Waals surface area contributed by atoms with Gasteiger partial charge in [0.2, 0.25) is 0 Å². The summed E-state index contributed by atoms with van der Waals surface area (Å²) in [5, 5.41) is 2.45. The Balaban J connectivity index is 1.87. The van der Waals surface area contributed by atoms with E-state index in [9.17, 15) is 4.79 Å². The predicted octanol–water partition coefficient (Wildman–Crippen LogP) is 2.76. The third-order valence-corrected chi connectivity index (χ3v) is 3.67. The number of hydrogen-bond acceptors (Lipinski definition) is 6. The zero-order valence-electron chi connectivity index (χ0n) is 10.9. The molecule has 0 unspecified atom stereocenters. The average molecular weight is 291 g/mol.